The first-order valence-electron chi connectivity index (χ1n) is 5.91. The van der Waals surface area contributed by atoms with Crippen molar-refractivity contribution in [2.75, 3.05) is 13.1 Å². The van der Waals surface area contributed by atoms with Gasteiger partial charge in [0.25, 0.3) is 0 Å². The summed E-state index contributed by atoms with van der Waals surface area (Å²) in [5.41, 5.74) is 2.08. The van der Waals surface area contributed by atoms with Crippen LogP contribution < -0.4 is 10.1 Å². The summed E-state index contributed by atoms with van der Waals surface area (Å²) >= 11 is 0. The number of halogens is 1. The molecule has 1 unspecified atom stereocenters. The number of aromatic nitrogens is 2. The van der Waals surface area contributed by atoms with Gasteiger partial charge in [0.1, 0.15) is 12.4 Å². The lowest BCUT2D eigenvalue weighted by molar-refractivity contribution is -0.0474. The number of aryl methyl sites for hydroxylation is 1. The fourth-order valence-electron chi connectivity index (χ4n) is 2.66. The Morgan fingerprint density at radius 1 is 1.24 bits per heavy atom. The highest BCUT2D eigenvalue weighted by Crippen LogP contribution is 2.39. The lowest BCUT2D eigenvalue weighted by Crippen LogP contribution is -2.59. The van der Waals surface area contributed by atoms with E-state index in [9.17, 15) is 0 Å². The van der Waals surface area contributed by atoms with Crippen LogP contribution >= 0.6 is 12.4 Å². The molecule has 1 saturated carbocycles. The quantitative estimate of drug-likeness (QED) is 0.870. The Labute approximate surface area is 108 Å². The molecule has 0 amide bonds. The summed E-state index contributed by atoms with van der Waals surface area (Å²) in [5.74, 6) is 2.12. The monoisotopic (exact) mass is 255 g/mol. The molecule has 0 radical (unpaired) electrons. The molecule has 2 fully saturated rings. The van der Waals surface area contributed by atoms with Crippen LogP contribution in [0.2, 0.25) is 0 Å². The number of fused-ring (bicyclic) bond motifs is 2. The Hall–Kier alpha value is -0.870. The van der Waals surface area contributed by atoms with Gasteiger partial charge in [-0.1, -0.05) is 0 Å². The van der Waals surface area contributed by atoms with E-state index in [1.54, 1.807) is 6.33 Å². The molecule has 0 aromatic carbocycles. The van der Waals surface area contributed by atoms with E-state index in [1.807, 2.05) is 13.8 Å². The van der Waals surface area contributed by atoms with E-state index in [2.05, 4.69) is 15.3 Å². The third-order valence-corrected chi connectivity index (χ3v) is 3.89. The summed E-state index contributed by atoms with van der Waals surface area (Å²) in [6.07, 6.45) is 3.26. The first-order valence-corrected chi connectivity index (χ1v) is 5.91. The first kappa shape index (κ1) is 12.6. The molecule has 1 aliphatic heterocycles. The highest BCUT2D eigenvalue weighted by Gasteiger charge is 2.45. The Morgan fingerprint density at radius 2 is 1.94 bits per heavy atom. The summed E-state index contributed by atoms with van der Waals surface area (Å²) in [6.45, 7) is 6.19. The number of hydrogen-bond donors (Lipinski definition) is 1. The van der Waals surface area contributed by atoms with Crippen molar-refractivity contribution in [1.29, 1.82) is 0 Å². The Bertz CT molecular complexity index is 399. The van der Waals surface area contributed by atoms with Crippen LogP contribution in [0.25, 0.3) is 0 Å². The van der Waals surface area contributed by atoms with Gasteiger partial charge in [0, 0.05) is 36.2 Å². The molecule has 1 N–H and O–H groups in total. The molecule has 2 bridgehead atoms. The predicted octanol–water partition coefficient (Wildman–Crippen LogP) is 1.50. The summed E-state index contributed by atoms with van der Waals surface area (Å²) in [7, 11) is 0. The van der Waals surface area contributed by atoms with Crippen LogP contribution in [0.5, 0.6) is 5.88 Å². The topological polar surface area (TPSA) is 47.0 Å². The minimum absolute atomic E-state index is 0. The number of rotatable bonds is 2. The van der Waals surface area contributed by atoms with Crippen LogP contribution in [0.4, 0.5) is 0 Å². The van der Waals surface area contributed by atoms with E-state index in [1.165, 1.54) is 6.42 Å². The summed E-state index contributed by atoms with van der Waals surface area (Å²) < 4.78 is 6.04. The predicted molar refractivity (Wildman–Crippen MR) is 67.6 cm³/mol. The van der Waals surface area contributed by atoms with Crippen molar-refractivity contribution < 1.29 is 4.74 Å². The van der Waals surface area contributed by atoms with E-state index in [0.717, 1.165) is 30.2 Å². The molecule has 3 atom stereocenters. The fraction of sp³-hybridized carbons (Fsp3) is 0.667. The molecular weight excluding hydrogens is 238 g/mol. The van der Waals surface area contributed by atoms with Crippen LogP contribution in [-0.4, -0.2) is 29.2 Å². The second-order valence-corrected chi connectivity index (χ2v) is 4.89. The lowest BCUT2D eigenvalue weighted by atomic mass is 9.69. The van der Waals surface area contributed by atoms with Crippen molar-refractivity contribution in [2.45, 2.75) is 26.4 Å². The van der Waals surface area contributed by atoms with Crippen LogP contribution in [0, 0.1) is 25.7 Å². The van der Waals surface area contributed by atoms with E-state index in [0.29, 0.717) is 17.9 Å². The molecule has 2 aliphatic rings. The highest BCUT2D eigenvalue weighted by atomic mass is 35.5. The molecule has 0 spiro atoms. The number of nitrogens with zero attached hydrogens (tertiary/aromatic N) is 2. The second kappa shape index (κ2) is 4.78. The maximum atomic E-state index is 6.04. The first-order chi connectivity index (χ1) is 7.75. The third kappa shape index (κ3) is 2.11. The second-order valence-electron chi connectivity index (χ2n) is 4.89. The number of piperidine rings is 2. The zero-order valence-corrected chi connectivity index (χ0v) is 11.0. The van der Waals surface area contributed by atoms with Gasteiger partial charge in [0.15, 0.2) is 0 Å². The van der Waals surface area contributed by atoms with Gasteiger partial charge in [-0.3, -0.25) is 0 Å². The molecule has 94 valence electrons. The molecule has 2 heterocycles. The molecule has 1 aromatic heterocycles. The average Bonchev–Trinajstić information content (AvgIpc) is 2.32. The van der Waals surface area contributed by atoms with E-state index < -0.39 is 0 Å². The molecule has 1 saturated heterocycles. The largest absolute Gasteiger partial charge is 0.473 e. The third-order valence-electron chi connectivity index (χ3n) is 3.89. The Balaban J connectivity index is 0.00000108. The zero-order chi connectivity index (χ0) is 11.1. The van der Waals surface area contributed by atoms with Crippen molar-refractivity contribution in [3.8, 4) is 5.88 Å². The molecule has 5 heteroatoms. The van der Waals surface area contributed by atoms with Crippen molar-refractivity contribution in [2.24, 2.45) is 11.8 Å². The summed E-state index contributed by atoms with van der Waals surface area (Å²) in [5, 5.41) is 3.41. The Morgan fingerprint density at radius 3 is 2.59 bits per heavy atom. The molecule has 3 rings (SSSR count). The van der Waals surface area contributed by atoms with Gasteiger partial charge < -0.3 is 10.1 Å². The van der Waals surface area contributed by atoms with E-state index in [-0.39, 0.29) is 12.4 Å². The number of hydrogen-bond acceptors (Lipinski definition) is 4. The molecule has 4 nitrogen and oxygen atoms in total. The van der Waals surface area contributed by atoms with E-state index in [4.69, 9.17) is 4.74 Å². The van der Waals surface area contributed by atoms with Crippen molar-refractivity contribution in [1.82, 2.24) is 15.3 Å². The molecule has 1 aliphatic carbocycles. The van der Waals surface area contributed by atoms with Gasteiger partial charge in [0.2, 0.25) is 5.88 Å². The van der Waals surface area contributed by atoms with E-state index >= 15 is 0 Å². The highest BCUT2D eigenvalue weighted by molar-refractivity contribution is 5.85. The molecular formula is C12H18ClN3O. The van der Waals surface area contributed by atoms with Crippen LogP contribution in [0.15, 0.2) is 6.33 Å². The zero-order valence-electron chi connectivity index (χ0n) is 10.1. The van der Waals surface area contributed by atoms with Crippen LogP contribution in [0.3, 0.4) is 0 Å². The maximum absolute atomic E-state index is 6.04. The fourth-order valence-corrected chi connectivity index (χ4v) is 2.66. The van der Waals surface area contributed by atoms with Gasteiger partial charge in [-0.2, -0.15) is 0 Å². The standard InChI is InChI=1S/C12H17N3O.ClH/c1-7-8(2)14-6-15-12(7)16-11-9-3-10(11)5-13-4-9;/h6,9-11,13H,3-5H2,1-2H3;1H/t9-,10+,11?;. The summed E-state index contributed by atoms with van der Waals surface area (Å²) in [4.78, 5) is 8.39. The smallest absolute Gasteiger partial charge is 0.219 e. The van der Waals surface area contributed by atoms with Crippen molar-refractivity contribution in [3.63, 3.8) is 0 Å². The van der Waals surface area contributed by atoms with Crippen LogP contribution in [0.1, 0.15) is 17.7 Å². The van der Waals surface area contributed by atoms with Crippen molar-refractivity contribution in [3.05, 3.63) is 17.6 Å². The van der Waals surface area contributed by atoms with Gasteiger partial charge >= 0.3 is 0 Å². The minimum Gasteiger partial charge on any atom is -0.473 e. The number of ether oxygens (including phenoxy) is 1. The van der Waals surface area contributed by atoms with Crippen LogP contribution in [-0.2, 0) is 0 Å². The number of nitrogens with one attached hydrogen (secondary N) is 1. The minimum atomic E-state index is 0. The Kier molecular flexibility index (Phi) is 3.54. The normalized spacial score (nSPS) is 30.1. The maximum Gasteiger partial charge on any atom is 0.219 e. The lowest BCUT2D eigenvalue weighted by Gasteiger charge is -2.48. The van der Waals surface area contributed by atoms with Crippen molar-refractivity contribution >= 4 is 12.4 Å². The average molecular weight is 256 g/mol. The van der Waals surface area contributed by atoms with Gasteiger partial charge in [-0.25, -0.2) is 9.97 Å². The molecule has 17 heavy (non-hydrogen) atoms. The van der Waals surface area contributed by atoms with Gasteiger partial charge in [-0.15, -0.1) is 12.4 Å². The SMILES string of the molecule is Cc1ncnc(OC2[C@@H]3CNC[C@H]2C3)c1C.Cl. The molecule has 1 aromatic rings. The van der Waals surface area contributed by atoms with Gasteiger partial charge in [0.05, 0.1) is 0 Å². The summed E-state index contributed by atoms with van der Waals surface area (Å²) in [6, 6.07) is 0. The van der Waals surface area contributed by atoms with Gasteiger partial charge in [-0.05, 0) is 20.3 Å².